The molecule has 0 aromatic heterocycles. The number of rotatable bonds is 4. The van der Waals surface area contributed by atoms with E-state index in [-0.39, 0.29) is 24.0 Å². The first kappa shape index (κ1) is 22.2. The molecule has 2 fully saturated rings. The first-order valence-electron chi connectivity index (χ1n) is 10.7. The van der Waals surface area contributed by atoms with Gasteiger partial charge in [-0.2, -0.15) is 0 Å². The Kier molecular flexibility index (Phi) is 6.78. The Morgan fingerprint density at radius 2 is 1.77 bits per heavy atom. The zero-order chi connectivity index (χ0) is 21.9. The standard InChI is InChI=1S/C23H34N2O5/c1-23(2,3)30-22(27)24-12-6-8-16(15-24)21(26)25-13-7-9-19(25)18-11-10-17(28-4)14-20(18)29-5/h10-11,14,16,19H,6-9,12-13,15H2,1-5H3/t16-,19+/m0/s1. The molecule has 3 rings (SSSR count). The molecular weight excluding hydrogens is 384 g/mol. The van der Waals surface area contributed by atoms with E-state index in [9.17, 15) is 9.59 Å². The van der Waals surface area contributed by atoms with Crippen LogP contribution in [0.15, 0.2) is 18.2 Å². The molecule has 7 nitrogen and oxygen atoms in total. The fraction of sp³-hybridized carbons (Fsp3) is 0.652. The van der Waals surface area contributed by atoms with Gasteiger partial charge in [0, 0.05) is 31.3 Å². The molecule has 0 saturated carbocycles. The summed E-state index contributed by atoms with van der Waals surface area (Å²) in [7, 11) is 3.26. The number of piperidine rings is 1. The predicted octanol–water partition coefficient (Wildman–Crippen LogP) is 4.01. The molecule has 2 aliphatic rings. The van der Waals surface area contributed by atoms with Gasteiger partial charge in [0.2, 0.25) is 5.91 Å². The third kappa shape index (κ3) is 4.99. The number of hydrogen-bond acceptors (Lipinski definition) is 5. The number of hydrogen-bond donors (Lipinski definition) is 0. The molecule has 2 saturated heterocycles. The first-order chi connectivity index (χ1) is 14.2. The van der Waals surface area contributed by atoms with Crippen molar-refractivity contribution in [2.75, 3.05) is 33.9 Å². The third-order valence-electron chi connectivity index (χ3n) is 5.76. The van der Waals surface area contributed by atoms with Gasteiger partial charge in [0.1, 0.15) is 17.1 Å². The van der Waals surface area contributed by atoms with E-state index in [4.69, 9.17) is 14.2 Å². The average molecular weight is 419 g/mol. The minimum atomic E-state index is -0.543. The highest BCUT2D eigenvalue weighted by atomic mass is 16.6. The number of benzene rings is 1. The number of carbonyl (C=O) groups is 2. The fourth-order valence-corrected chi connectivity index (χ4v) is 4.35. The highest BCUT2D eigenvalue weighted by molar-refractivity contribution is 5.81. The van der Waals surface area contributed by atoms with Crippen molar-refractivity contribution in [1.82, 2.24) is 9.80 Å². The van der Waals surface area contributed by atoms with Crippen molar-refractivity contribution in [2.24, 2.45) is 5.92 Å². The summed E-state index contributed by atoms with van der Waals surface area (Å²) in [5, 5.41) is 0. The van der Waals surface area contributed by atoms with Crippen molar-refractivity contribution >= 4 is 12.0 Å². The summed E-state index contributed by atoms with van der Waals surface area (Å²) >= 11 is 0. The Bertz CT molecular complexity index is 773. The smallest absolute Gasteiger partial charge is 0.410 e. The van der Waals surface area contributed by atoms with Crippen molar-refractivity contribution in [3.05, 3.63) is 23.8 Å². The molecule has 7 heteroatoms. The van der Waals surface area contributed by atoms with E-state index in [1.807, 2.05) is 43.9 Å². The van der Waals surface area contributed by atoms with Gasteiger partial charge in [-0.3, -0.25) is 4.79 Å². The van der Waals surface area contributed by atoms with Crippen LogP contribution in [-0.2, 0) is 9.53 Å². The summed E-state index contributed by atoms with van der Waals surface area (Å²) in [6.45, 7) is 7.34. The van der Waals surface area contributed by atoms with Gasteiger partial charge in [0.25, 0.3) is 0 Å². The molecule has 2 aliphatic heterocycles. The van der Waals surface area contributed by atoms with E-state index in [0.29, 0.717) is 13.1 Å². The Balaban J connectivity index is 1.73. The molecular formula is C23H34N2O5. The van der Waals surface area contributed by atoms with Gasteiger partial charge >= 0.3 is 6.09 Å². The quantitative estimate of drug-likeness (QED) is 0.739. The monoisotopic (exact) mass is 418 g/mol. The summed E-state index contributed by atoms with van der Waals surface area (Å²) in [6, 6.07) is 5.74. The molecule has 2 heterocycles. The Hall–Kier alpha value is -2.44. The Morgan fingerprint density at radius 3 is 2.43 bits per heavy atom. The number of methoxy groups -OCH3 is 2. The molecule has 0 radical (unpaired) electrons. The van der Waals surface area contributed by atoms with E-state index >= 15 is 0 Å². The van der Waals surface area contributed by atoms with Crippen LogP contribution in [0.1, 0.15) is 58.1 Å². The normalized spacial score (nSPS) is 22.0. The molecule has 2 amide bonds. The summed E-state index contributed by atoms with van der Waals surface area (Å²) in [6.07, 6.45) is 3.11. The minimum absolute atomic E-state index is 0.0183. The minimum Gasteiger partial charge on any atom is -0.497 e. The van der Waals surface area contributed by atoms with Crippen LogP contribution in [0, 0.1) is 5.92 Å². The molecule has 0 aliphatic carbocycles. The van der Waals surface area contributed by atoms with E-state index in [1.165, 1.54) is 0 Å². The molecule has 30 heavy (non-hydrogen) atoms. The van der Waals surface area contributed by atoms with Gasteiger partial charge in [-0.05, 0) is 58.6 Å². The second-order valence-corrected chi connectivity index (χ2v) is 9.06. The Labute approximate surface area is 179 Å². The van der Waals surface area contributed by atoms with Crippen LogP contribution >= 0.6 is 0 Å². The summed E-state index contributed by atoms with van der Waals surface area (Å²) in [5.41, 5.74) is 0.461. The summed E-state index contributed by atoms with van der Waals surface area (Å²) in [4.78, 5) is 29.6. The largest absolute Gasteiger partial charge is 0.497 e. The molecule has 166 valence electrons. The highest BCUT2D eigenvalue weighted by Gasteiger charge is 2.38. The van der Waals surface area contributed by atoms with E-state index in [2.05, 4.69) is 0 Å². The van der Waals surface area contributed by atoms with Crippen molar-refractivity contribution < 1.29 is 23.8 Å². The van der Waals surface area contributed by atoms with Crippen LogP contribution in [0.2, 0.25) is 0 Å². The van der Waals surface area contributed by atoms with Crippen LogP contribution in [0.5, 0.6) is 11.5 Å². The van der Waals surface area contributed by atoms with E-state index < -0.39 is 5.60 Å². The molecule has 1 aromatic carbocycles. The molecule has 0 unspecified atom stereocenters. The highest BCUT2D eigenvalue weighted by Crippen LogP contribution is 2.40. The SMILES string of the molecule is COc1ccc([C@H]2CCCN2C(=O)[C@H]2CCCN(C(=O)OC(C)(C)C)C2)c(OC)c1. The first-order valence-corrected chi connectivity index (χ1v) is 10.7. The number of carbonyl (C=O) groups excluding carboxylic acids is 2. The van der Waals surface area contributed by atoms with Crippen LogP contribution < -0.4 is 9.47 Å². The zero-order valence-electron chi connectivity index (χ0n) is 18.8. The van der Waals surface area contributed by atoms with Gasteiger partial charge in [0.15, 0.2) is 0 Å². The summed E-state index contributed by atoms with van der Waals surface area (Å²) in [5.74, 6) is 1.38. The van der Waals surface area contributed by atoms with Gasteiger partial charge < -0.3 is 24.0 Å². The second kappa shape index (κ2) is 9.14. The molecule has 0 bridgehead atoms. The van der Waals surface area contributed by atoms with Crippen LogP contribution in [0.25, 0.3) is 0 Å². The van der Waals surface area contributed by atoms with E-state index in [1.54, 1.807) is 19.1 Å². The lowest BCUT2D eigenvalue weighted by molar-refractivity contribution is -0.138. The van der Waals surface area contributed by atoms with Crippen LogP contribution in [0.4, 0.5) is 4.79 Å². The topological polar surface area (TPSA) is 68.3 Å². The lowest BCUT2D eigenvalue weighted by Crippen LogP contribution is -2.47. The van der Waals surface area contributed by atoms with Crippen molar-refractivity contribution in [3.8, 4) is 11.5 Å². The second-order valence-electron chi connectivity index (χ2n) is 9.06. The average Bonchev–Trinajstić information content (AvgIpc) is 3.21. The number of nitrogens with zero attached hydrogens (tertiary/aromatic N) is 2. The van der Waals surface area contributed by atoms with Crippen molar-refractivity contribution in [3.63, 3.8) is 0 Å². The van der Waals surface area contributed by atoms with Crippen LogP contribution in [0.3, 0.4) is 0 Å². The maximum absolute atomic E-state index is 13.4. The van der Waals surface area contributed by atoms with Gasteiger partial charge in [-0.1, -0.05) is 0 Å². The molecule has 0 N–H and O–H groups in total. The lowest BCUT2D eigenvalue weighted by Gasteiger charge is -2.36. The maximum Gasteiger partial charge on any atom is 0.410 e. The molecule has 0 spiro atoms. The van der Waals surface area contributed by atoms with Crippen molar-refractivity contribution in [1.29, 1.82) is 0 Å². The van der Waals surface area contributed by atoms with Gasteiger partial charge in [-0.15, -0.1) is 0 Å². The van der Waals surface area contributed by atoms with E-state index in [0.717, 1.165) is 49.3 Å². The number of likely N-dealkylation sites (tertiary alicyclic amines) is 2. The predicted molar refractivity (Wildman–Crippen MR) is 114 cm³/mol. The third-order valence-corrected chi connectivity index (χ3v) is 5.76. The van der Waals surface area contributed by atoms with Crippen molar-refractivity contribution in [2.45, 2.75) is 58.1 Å². The zero-order valence-corrected chi connectivity index (χ0v) is 18.8. The van der Waals surface area contributed by atoms with Gasteiger partial charge in [-0.25, -0.2) is 4.79 Å². The number of ether oxygens (including phenoxy) is 3. The maximum atomic E-state index is 13.4. The molecule has 1 aromatic rings. The number of amides is 2. The lowest BCUT2D eigenvalue weighted by atomic mass is 9.95. The summed E-state index contributed by atoms with van der Waals surface area (Å²) < 4.78 is 16.4. The fourth-order valence-electron chi connectivity index (χ4n) is 4.35. The van der Waals surface area contributed by atoms with Gasteiger partial charge in [0.05, 0.1) is 26.2 Å². The molecule has 2 atom stereocenters. The Morgan fingerprint density at radius 1 is 1.03 bits per heavy atom. The van der Waals surface area contributed by atoms with Crippen LogP contribution in [-0.4, -0.2) is 61.3 Å².